The Kier molecular flexibility index (Phi) is 3.44. The van der Waals surface area contributed by atoms with Gasteiger partial charge in [0.25, 0.3) is 0 Å². The predicted octanol–water partition coefficient (Wildman–Crippen LogP) is 3.58. The minimum Gasteiger partial charge on any atom is -0.360 e. The SMILES string of the molecule is Cc1cc(C)c2[nH]cc(C=O)c2c1C(=O)c1nc2ccc(C#N)cc2[nH]1. The molecule has 0 aliphatic heterocycles. The van der Waals surface area contributed by atoms with Crippen molar-refractivity contribution in [3.8, 4) is 6.07 Å². The summed E-state index contributed by atoms with van der Waals surface area (Å²) in [5, 5.41) is 9.63. The summed E-state index contributed by atoms with van der Waals surface area (Å²) in [6, 6.07) is 8.99. The molecule has 2 aromatic heterocycles. The highest BCUT2D eigenvalue weighted by molar-refractivity contribution is 6.19. The molecule has 4 aromatic rings. The zero-order valence-electron chi connectivity index (χ0n) is 14.2. The first-order valence-electron chi connectivity index (χ1n) is 8.04. The van der Waals surface area contributed by atoms with Crippen LogP contribution in [0.4, 0.5) is 0 Å². The maximum absolute atomic E-state index is 13.2. The number of aromatic amines is 2. The number of aryl methyl sites for hydroxylation is 2. The number of aromatic nitrogens is 3. The molecule has 0 radical (unpaired) electrons. The number of nitriles is 1. The summed E-state index contributed by atoms with van der Waals surface area (Å²) in [4.78, 5) is 35.1. The predicted molar refractivity (Wildman–Crippen MR) is 97.4 cm³/mol. The molecular weight excluding hydrogens is 328 g/mol. The summed E-state index contributed by atoms with van der Waals surface area (Å²) in [5.41, 5.74) is 5.13. The molecule has 26 heavy (non-hydrogen) atoms. The topological polar surface area (TPSA) is 102 Å². The van der Waals surface area contributed by atoms with Gasteiger partial charge in [-0.05, 0) is 43.2 Å². The zero-order chi connectivity index (χ0) is 18.4. The van der Waals surface area contributed by atoms with E-state index in [1.807, 2.05) is 19.9 Å². The maximum atomic E-state index is 13.2. The normalized spacial score (nSPS) is 11.0. The molecular formula is C20H14N4O2. The van der Waals surface area contributed by atoms with Crippen LogP contribution in [-0.2, 0) is 0 Å². The number of benzene rings is 2. The Balaban J connectivity index is 1.96. The molecule has 4 rings (SSSR count). The second-order valence-electron chi connectivity index (χ2n) is 6.26. The molecule has 0 fully saturated rings. The standard InChI is InChI=1S/C20H14N4O2/c1-10-5-11(2)18-17(13(9-25)8-22-18)16(10)19(26)20-23-14-4-3-12(7-21)6-15(14)24-20/h3-6,8-9,22H,1-2H3,(H,23,24). The molecule has 0 atom stereocenters. The van der Waals surface area contributed by atoms with Gasteiger partial charge in [0.2, 0.25) is 5.78 Å². The Bertz CT molecular complexity index is 1250. The van der Waals surface area contributed by atoms with Crippen molar-refractivity contribution in [1.29, 1.82) is 5.26 Å². The molecule has 0 aliphatic carbocycles. The molecule has 6 nitrogen and oxygen atoms in total. The molecule has 0 saturated heterocycles. The Morgan fingerprint density at radius 1 is 1.23 bits per heavy atom. The number of hydrogen-bond donors (Lipinski definition) is 2. The van der Waals surface area contributed by atoms with Crippen LogP contribution >= 0.6 is 0 Å². The van der Waals surface area contributed by atoms with Gasteiger partial charge in [0, 0.05) is 28.2 Å². The third-order valence-electron chi connectivity index (χ3n) is 4.56. The number of ketones is 1. The second kappa shape index (κ2) is 5.67. The number of carbonyl (C=O) groups is 2. The lowest BCUT2D eigenvalue weighted by Crippen LogP contribution is -2.08. The lowest BCUT2D eigenvalue weighted by atomic mass is 9.95. The van der Waals surface area contributed by atoms with Crippen molar-refractivity contribution in [2.45, 2.75) is 13.8 Å². The van der Waals surface area contributed by atoms with E-state index in [1.54, 1.807) is 24.4 Å². The first-order chi connectivity index (χ1) is 12.5. The van der Waals surface area contributed by atoms with E-state index in [-0.39, 0.29) is 11.6 Å². The van der Waals surface area contributed by atoms with Crippen molar-refractivity contribution in [3.05, 3.63) is 64.1 Å². The highest BCUT2D eigenvalue weighted by atomic mass is 16.1. The summed E-state index contributed by atoms with van der Waals surface area (Å²) in [7, 11) is 0. The van der Waals surface area contributed by atoms with E-state index in [2.05, 4.69) is 21.0 Å². The van der Waals surface area contributed by atoms with Crippen molar-refractivity contribution in [2.24, 2.45) is 0 Å². The van der Waals surface area contributed by atoms with Crippen LogP contribution in [0.2, 0.25) is 0 Å². The number of H-pyrrole nitrogens is 2. The molecule has 0 aliphatic rings. The fourth-order valence-corrected chi connectivity index (χ4v) is 3.38. The number of nitrogens with zero attached hydrogens (tertiary/aromatic N) is 2. The van der Waals surface area contributed by atoms with Crippen molar-refractivity contribution >= 4 is 34.0 Å². The molecule has 2 heterocycles. The van der Waals surface area contributed by atoms with Crippen LogP contribution in [0.3, 0.4) is 0 Å². The Labute approximate surface area is 148 Å². The van der Waals surface area contributed by atoms with E-state index < -0.39 is 0 Å². The average Bonchev–Trinajstić information content (AvgIpc) is 3.24. The number of fused-ring (bicyclic) bond motifs is 2. The molecule has 0 spiro atoms. The van der Waals surface area contributed by atoms with Crippen LogP contribution in [-0.4, -0.2) is 27.0 Å². The second-order valence-corrected chi connectivity index (χ2v) is 6.26. The summed E-state index contributed by atoms with van der Waals surface area (Å²) in [5.74, 6) is -0.105. The highest BCUT2D eigenvalue weighted by Gasteiger charge is 2.22. The van der Waals surface area contributed by atoms with Gasteiger partial charge in [-0.2, -0.15) is 5.26 Å². The van der Waals surface area contributed by atoms with Gasteiger partial charge in [0.1, 0.15) is 0 Å². The lowest BCUT2D eigenvalue weighted by Gasteiger charge is -2.08. The van der Waals surface area contributed by atoms with E-state index in [0.29, 0.717) is 33.1 Å². The third-order valence-corrected chi connectivity index (χ3v) is 4.56. The van der Waals surface area contributed by atoms with Crippen molar-refractivity contribution in [1.82, 2.24) is 15.0 Å². The van der Waals surface area contributed by atoms with Gasteiger partial charge in [-0.25, -0.2) is 4.98 Å². The number of hydrogen-bond acceptors (Lipinski definition) is 4. The van der Waals surface area contributed by atoms with Gasteiger partial charge in [0.05, 0.1) is 22.7 Å². The summed E-state index contributed by atoms with van der Waals surface area (Å²) < 4.78 is 0. The van der Waals surface area contributed by atoms with Crippen LogP contribution < -0.4 is 0 Å². The van der Waals surface area contributed by atoms with Gasteiger partial charge in [-0.15, -0.1) is 0 Å². The molecule has 0 bridgehead atoms. The number of nitrogens with one attached hydrogen (secondary N) is 2. The van der Waals surface area contributed by atoms with E-state index in [0.717, 1.165) is 22.9 Å². The number of imidazole rings is 1. The first-order valence-corrected chi connectivity index (χ1v) is 8.04. The van der Waals surface area contributed by atoms with Crippen LogP contribution in [0.1, 0.15) is 43.2 Å². The van der Waals surface area contributed by atoms with Crippen LogP contribution in [0.5, 0.6) is 0 Å². The van der Waals surface area contributed by atoms with Crippen molar-refractivity contribution in [3.63, 3.8) is 0 Å². The van der Waals surface area contributed by atoms with Gasteiger partial charge < -0.3 is 9.97 Å². The fraction of sp³-hybridized carbons (Fsp3) is 0.100. The molecule has 2 aromatic carbocycles. The Hall–Kier alpha value is -3.72. The first kappa shape index (κ1) is 15.8. The van der Waals surface area contributed by atoms with E-state index in [1.165, 1.54) is 0 Å². The van der Waals surface area contributed by atoms with Crippen LogP contribution in [0.25, 0.3) is 21.9 Å². The number of aldehydes is 1. The lowest BCUT2D eigenvalue weighted by molar-refractivity contribution is 0.103. The fourth-order valence-electron chi connectivity index (χ4n) is 3.38. The average molecular weight is 342 g/mol. The zero-order valence-corrected chi connectivity index (χ0v) is 14.2. The largest absolute Gasteiger partial charge is 0.360 e. The molecule has 126 valence electrons. The Morgan fingerprint density at radius 2 is 2.04 bits per heavy atom. The summed E-state index contributed by atoms with van der Waals surface area (Å²) in [6.45, 7) is 3.77. The number of carbonyl (C=O) groups excluding carboxylic acids is 2. The van der Waals surface area contributed by atoms with Crippen LogP contribution in [0, 0.1) is 25.2 Å². The van der Waals surface area contributed by atoms with Gasteiger partial charge in [-0.3, -0.25) is 9.59 Å². The molecule has 6 heteroatoms. The van der Waals surface area contributed by atoms with Crippen LogP contribution in [0.15, 0.2) is 30.5 Å². The van der Waals surface area contributed by atoms with E-state index in [4.69, 9.17) is 5.26 Å². The molecule has 2 N–H and O–H groups in total. The summed E-state index contributed by atoms with van der Waals surface area (Å²) >= 11 is 0. The van der Waals surface area contributed by atoms with Crippen molar-refractivity contribution < 1.29 is 9.59 Å². The number of rotatable bonds is 3. The monoisotopic (exact) mass is 342 g/mol. The van der Waals surface area contributed by atoms with Crippen molar-refractivity contribution in [2.75, 3.05) is 0 Å². The van der Waals surface area contributed by atoms with E-state index in [9.17, 15) is 9.59 Å². The summed E-state index contributed by atoms with van der Waals surface area (Å²) in [6.07, 6.45) is 2.35. The minimum absolute atomic E-state index is 0.182. The minimum atomic E-state index is -0.287. The van der Waals surface area contributed by atoms with E-state index >= 15 is 0 Å². The van der Waals surface area contributed by atoms with Gasteiger partial charge in [0.15, 0.2) is 12.1 Å². The molecule has 0 amide bonds. The smallest absolute Gasteiger partial charge is 0.229 e. The molecule has 0 unspecified atom stereocenters. The molecule has 0 saturated carbocycles. The quantitative estimate of drug-likeness (QED) is 0.439. The third kappa shape index (κ3) is 2.22. The Morgan fingerprint density at radius 3 is 2.77 bits per heavy atom. The van der Waals surface area contributed by atoms with Gasteiger partial charge in [-0.1, -0.05) is 6.07 Å². The van der Waals surface area contributed by atoms with Gasteiger partial charge >= 0.3 is 0 Å². The maximum Gasteiger partial charge on any atom is 0.229 e. The highest BCUT2D eigenvalue weighted by Crippen LogP contribution is 2.29.